The highest BCUT2D eigenvalue weighted by Crippen LogP contribution is 2.25. The smallest absolute Gasteiger partial charge is 0.301 e. The molecule has 0 saturated carbocycles. The number of nitrogens with zero attached hydrogens (tertiary/aromatic N) is 4. The first-order valence-corrected chi connectivity index (χ1v) is 10.7. The predicted octanol–water partition coefficient (Wildman–Crippen LogP) is 3.20. The fraction of sp³-hybridized carbons (Fsp3) is 0.273. The third-order valence-electron chi connectivity index (χ3n) is 4.71. The first-order chi connectivity index (χ1) is 15.2. The van der Waals surface area contributed by atoms with E-state index in [1.807, 2.05) is 24.3 Å². The van der Waals surface area contributed by atoms with Crippen LogP contribution in [-0.2, 0) is 9.53 Å². The Kier molecular flexibility index (Phi) is 7.04. The fourth-order valence-electron chi connectivity index (χ4n) is 3.16. The highest BCUT2D eigenvalue weighted by atomic mass is 79.9. The number of nitrogens with one attached hydrogen (secondary N) is 2. The molecule has 9 heteroatoms. The van der Waals surface area contributed by atoms with Gasteiger partial charge in [0, 0.05) is 41.6 Å². The summed E-state index contributed by atoms with van der Waals surface area (Å²) in [5.41, 5.74) is 1.55. The molecular weight excluding hydrogens is 460 g/mol. The SMILES string of the molecule is O=C(C#CCCN1CCOCC1)Nc1cc2c(Nc3cccc(Br)c3)ncnc2cn1. The van der Waals surface area contributed by atoms with E-state index in [9.17, 15) is 4.79 Å². The minimum Gasteiger partial charge on any atom is -0.379 e. The molecule has 8 nitrogen and oxygen atoms in total. The van der Waals surface area contributed by atoms with Gasteiger partial charge >= 0.3 is 5.91 Å². The largest absolute Gasteiger partial charge is 0.379 e. The van der Waals surface area contributed by atoms with Crippen molar-refractivity contribution in [1.82, 2.24) is 19.9 Å². The normalized spacial score (nSPS) is 14.0. The fourth-order valence-corrected chi connectivity index (χ4v) is 3.56. The summed E-state index contributed by atoms with van der Waals surface area (Å²) < 4.78 is 6.28. The van der Waals surface area contributed by atoms with Gasteiger partial charge in [0.05, 0.1) is 24.9 Å². The van der Waals surface area contributed by atoms with Gasteiger partial charge in [-0.05, 0) is 30.2 Å². The average molecular weight is 481 g/mol. The van der Waals surface area contributed by atoms with E-state index in [1.54, 1.807) is 12.3 Å². The summed E-state index contributed by atoms with van der Waals surface area (Å²) in [5.74, 6) is 6.18. The minimum absolute atomic E-state index is 0.395. The number of benzene rings is 1. The molecule has 1 amide bonds. The molecule has 1 aliphatic heterocycles. The number of anilines is 3. The Morgan fingerprint density at radius 3 is 2.90 bits per heavy atom. The molecule has 1 fully saturated rings. The van der Waals surface area contributed by atoms with Crippen LogP contribution in [-0.4, -0.2) is 58.6 Å². The Morgan fingerprint density at radius 1 is 1.19 bits per heavy atom. The number of morpholine rings is 1. The summed E-state index contributed by atoms with van der Waals surface area (Å²) in [6.07, 6.45) is 3.71. The standard InChI is InChI=1S/C22H21BrN6O2/c23-16-4-3-5-17(12-16)27-22-18-13-20(24-14-19(18)25-15-26-22)28-21(30)6-1-2-7-29-8-10-31-11-9-29/h3-5,12-15H,2,7-11H2,(H,24,28,30)(H,25,26,27). The van der Waals surface area contributed by atoms with Crippen LogP contribution in [0, 0.1) is 11.8 Å². The van der Waals surface area contributed by atoms with Crippen LogP contribution in [0.15, 0.2) is 47.3 Å². The Balaban J connectivity index is 1.42. The lowest BCUT2D eigenvalue weighted by Crippen LogP contribution is -2.36. The summed E-state index contributed by atoms with van der Waals surface area (Å²) in [4.78, 5) is 27.3. The third-order valence-corrected chi connectivity index (χ3v) is 5.20. The molecule has 2 N–H and O–H groups in total. The second kappa shape index (κ2) is 10.3. The van der Waals surface area contributed by atoms with Gasteiger partial charge in [-0.25, -0.2) is 15.0 Å². The molecule has 3 aromatic rings. The van der Waals surface area contributed by atoms with E-state index >= 15 is 0 Å². The Hall–Kier alpha value is -3.06. The van der Waals surface area contributed by atoms with Crippen molar-refractivity contribution in [3.05, 3.63) is 47.3 Å². The summed E-state index contributed by atoms with van der Waals surface area (Å²) in [6.45, 7) is 4.16. The third kappa shape index (κ3) is 5.98. The van der Waals surface area contributed by atoms with Gasteiger partial charge in [0.1, 0.15) is 18.0 Å². The molecule has 0 aliphatic carbocycles. The summed E-state index contributed by atoms with van der Waals surface area (Å²) >= 11 is 3.46. The number of hydrogen-bond donors (Lipinski definition) is 2. The lowest BCUT2D eigenvalue weighted by Gasteiger charge is -2.25. The van der Waals surface area contributed by atoms with Crippen LogP contribution >= 0.6 is 15.9 Å². The number of fused-ring (bicyclic) bond motifs is 1. The summed E-state index contributed by atoms with van der Waals surface area (Å²) in [6, 6.07) is 9.51. The number of ether oxygens (including phenoxy) is 1. The van der Waals surface area contributed by atoms with Crippen molar-refractivity contribution < 1.29 is 9.53 Å². The van der Waals surface area contributed by atoms with Crippen molar-refractivity contribution >= 4 is 50.1 Å². The van der Waals surface area contributed by atoms with E-state index in [4.69, 9.17) is 4.74 Å². The van der Waals surface area contributed by atoms with E-state index in [0.717, 1.165) is 48.4 Å². The molecule has 1 saturated heterocycles. The lowest BCUT2D eigenvalue weighted by atomic mass is 10.2. The van der Waals surface area contributed by atoms with Crippen LogP contribution in [0.5, 0.6) is 0 Å². The molecule has 1 aromatic carbocycles. The monoisotopic (exact) mass is 480 g/mol. The molecule has 0 atom stereocenters. The van der Waals surface area contributed by atoms with Crippen molar-refractivity contribution in [2.45, 2.75) is 6.42 Å². The first kappa shape index (κ1) is 21.2. The van der Waals surface area contributed by atoms with Crippen molar-refractivity contribution in [3.8, 4) is 11.8 Å². The number of hydrogen-bond acceptors (Lipinski definition) is 7. The number of carbonyl (C=O) groups is 1. The molecule has 0 radical (unpaired) electrons. The van der Waals surface area contributed by atoms with E-state index in [2.05, 4.69) is 58.3 Å². The van der Waals surface area contributed by atoms with E-state index < -0.39 is 5.91 Å². The molecule has 0 spiro atoms. The van der Waals surface area contributed by atoms with Crippen LogP contribution in [0.25, 0.3) is 10.9 Å². The van der Waals surface area contributed by atoms with E-state index in [1.165, 1.54) is 6.33 Å². The molecule has 0 unspecified atom stereocenters. The minimum atomic E-state index is -0.396. The van der Waals surface area contributed by atoms with Gasteiger partial charge in [-0.1, -0.05) is 27.9 Å². The van der Waals surface area contributed by atoms with Gasteiger partial charge in [-0.3, -0.25) is 15.0 Å². The van der Waals surface area contributed by atoms with Gasteiger partial charge < -0.3 is 10.1 Å². The summed E-state index contributed by atoms with van der Waals surface area (Å²) in [5, 5.41) is 6.75. The van der Waals surface area contributed by atoms with Gasteiger partial charge in [-0.15, -0.1) is 0 Å². The number of amides is 1. The van der Waals surface area contributed by atoms with Gasteiger partial charge in [-0.2, -0.15) is 0 Å². The molecule has 4 rings (SSSR count). The predicted molar refractivity (Wildman–Crippen MR) is 123 cm³/mol. The van der Waals surface area contributed by atoms with Crippen LogP contribution < -0.4 is 10.6 Å². The quantitative estimate of drug-likeness (QED) is 0.541. The maximum absolute atomic E-state index is 12.2. The maximum Gasteiger partial charge on any atom is 0.301 e. The molecule has 0 bridgehead atoms. The van der Waals surface area contributed by atoms with Crippen LogP contribution in [0.3, 0.4) is 0 Å². The van der Waals surface area contributed by atoms with Crippen molar-refractivity contribution in [2.24, 2.45) is 0 Å². The summed E-state index contributed by atoms with van der Waals surface area (Å²) in [7, 11) is 0. The Labute approximate surface area is 188 Å². The zero-order chi connectivity index (χ0) is 21.5. The van der Waals surface area contributed by atoms with Crippen molar-refractivity contribution in [1.29, 1.82) is 0 Å². The van der Waals surface area contributed by atoms with Crippen LogP contribution in [0.2, 0.25) is 0 Å². The molecule has 3 heterocycles. The number of pyridine rings is 1. The number of halogens is 1. The average Bonchev–Trinajstić information content (AvgIpc) is 2.78. The Bertz CT molecular complexity index is 1140. The highest BCUT2D eigenvalue weighted by molar-refractivity contribution is 9.10. The second-order valence-corrected chi connectivity index (χ2v) is 7.82. The van der Waals surface area contributed by atoms with Gasteiger partial charge in [0.15, 0.2) is 0 Å². The van der Waals surface area contributed by atoms with Crippen LogP contribution in [0.4, 0.5) is 17.3 Å². The molecule has 158 valence electrons. The molecule has 1 aliphatic rings. The number of rotatable bonds is 5. The van der Waals surface area contributed by atoms with E-state index in [-0.39, 0.29) is 0 Å². The maximum atomic E-state index is 12.2. The van der Waals surface area contributed by atoms with Crippen LogP contribution in [0.1, 0.15) is 6.42 Å². The first-order valence-electron chi connectivity index (χ1n) is 9.91. The molecule has 31 heavy (non-hydrogen) atoms. The molecule has 2 aromatic heterocycles. The zero-order valence-corrected chi connectivity index (χ0v) is 18.4. The molecular formula is C22H21BrN6O2. The van der Waals surface area contributed by atoms with Gasteiger partial charge in [0.25, 0.3) is 0 Å². The number of aromatic nitrogens is 3. The highest BCUT2D eigenvalue weighted by Gasteiger charge is 2.09. The van der Waals surface area contributed by atoms with Crippen molar-refractivity contribution in [3.63, 3.8) is 0 Å². The van der Waals surface area contributed by atoms with E-state index in [0.29, 0.717) is 23.6 Å². The number of carbonyl (C=O) groups excluding carboxylic acids is 1. The van der Waals surface area contributed by atoms with Gasteiger partial charge in [0.2, 0.25) is 0 Å². The topological polar surface area (TPSA) is 92.3 Å². The second-order valence-electron chi connectivity index (χ2n) is 6.90. The lowest BCUT2D eigenvalue weighted by molar-refractivity contribution is -0.111. The zero-order valence-electron chi connectivity index (χ0n) is 16.8. The van der Waals surface area contributed by atoms with Crippen molar-refractivity contribution in [2.75, 3.05) is 43.5 Å². The Morgan fingerprint density at radius 2 is 2.06 bits per heavy atom.